The van der Waals surface area contributed by atoms with Gasteiger partial charge in [0.25, 0.3) is 5.91 Å². The highest BCUT2D eigenvalue weighted by Crippen LogP contribution is 2.65. The molecule has 2 saturated heterocycles. The van der Waals surface area contributed by atoms with Crippen molar-refractivity contribution in [3.05, 3.63) is 30.0 Å². The molecule has 2 aromatic rings. The van der Waals surface area contributed by atoms with Crippen molar-refractivity contribution in [2.45, 2.75) is 38.8 Å². The third-order valence-electron chi connectivity index (χ3n) is 8.01. The molecule has 3 fully saturated rings. The van der Waals surface area contributed by atoms with E-state index in [1.165, 1.54) is 0 Å². The van der Waals surface area contributed by atoms with Gasteiger partial charge in [-0.25, -0.2) is 0 Å². The summed E-state index contributed by atoms with van der Waals surface area (Å²) in [6, 6.07) is 6.22. The molecule has 178 valence electrons. The molecule has 1 aromatic carbocycles. The number of ether oxygens (including phenoxy) is 1. The number of benzene rings is 1. The number of H-pyrrole nitrogens is 1. The average molecular weight is 463 g/mol. The normalized spacial score (nSPS) is 27.6. The summed E-state index contributed by atoms with van der Waals surface area (Å²) in [4.78, 5) is 43.9. The van der Waals surface area contributed by atoms with Gasteiger partial charge in [-0.15, -0.1) is 6.42 Å². The number of aromatic nitrogens is 1. The Morgan fingerprint density at radius 3 is 2.85 bits per heavy atom. The van der Waals surface area contributed by atoms with Crippen LogP contribution < -0.4 is 15.4 Å². The fourth-order valence-corrected chi connectivity index (χ4v) is 5.95. The highest BCUT2D eigenvalue weighted by atomic mass is 16.5. The maximum Gasteiger partial charge on any atom is 0.271 e. The van der Waals surface area contributed by atoms with Gasteiger partial charge >= 0.3 is 0 Å². The molecule has 8 heteroatoms. The SMILES string of the molecule is C#C[C@H](C[C@@H]1CCNC1=O)NC(=O)[C@@H]1C2[C@H](CN1C(=O)c1cc3c(OC)cccc3[nH]1)C2(C)C. The molecule has 1 saturated carbocycles. The van der Waals surface area contributed by atoms with Crippen LogP contribution in [-0.4, -0.2) is 59.9 Å². The van der Waals surface area contributed by atoms with Gasteiger partial charge in [-0.2, -0.15) is 0 Å². The summed E-state index contributed by atoms with van der Waals surface area (Å²) in [7, 11) is 1.59. The molecule has 8 nitrogen and oxygen atoms in total. The molecular formula is C26H30N4O4. The van der Waals surface area contributed by atoms with Crippen LogP contribution >= 0.6 is 0 Å². The molecule has 3 amide bonds. The number of carbonyl (C=O) groups is 3. The Balaban J connectivity index is 1.37. The second-order valence-electron chi connectivity index (χ2n) is 10.2. The van der Waals surface area contributed by atoms with Gasteiger partial charge in [0.15, 0.2) is 0 Å². The maximum absolute atomic E-state index is 13.6. The van der Waals surface area contributed by atoms with Gasteiger partial charge in [-0.05, 0) is 48.3 Å². The Hall–Kier alpha value is -3.47. The first-order valence-electron chi connectivity index (χ1n) is 11.8. The molecule has 34 heavy (non-hydrogen) atoms. The average Bonchev–Trinajstić information content (AvgIpc) is 3.33. The highest BCUT2D eigenvalue weighted by Gasteiger charge is 2.69. The number of rotatable bonds is 6. The van der Waals surface area contributed by atoms with Crippen LogP contribution in [0.4, 0.5) is 0 Å². The van der Waals surface area contributed by atoms with Crippen LogP contribution in [-0.2, 0) is 9.59 Å². The lowest BCUT2D eigenvalue weighted by Gasteiger charge is -2.30. The molecule has 1 unspecified atom stereocenters. The molecule has 3 N–H and O–H groups in total. The number of aromatic amines is 1. The molecule has 2 aliphatic heterocycles. The lowest BCUT2D eigenvalue weighted by molar-refractivity contribution is -0.127. The van der Waals surface area contributed by atoms with E-state index >= 15 is 0 Å². The topological polar surface area (TPSA) is 104 Å². The molecule has 1 aromatic heterocycles. The van der Waals surface area contributed by atoms with E-state index < -0.39 is 12.1 Å². The molecule has 0 radical (unpaired) electrons. The van der Waals surface area contributed by atoms with Gasteiger partial charge in [0.2, 0.25) is 11.8 Å². The van der Waals surface area contributed by atoms with Crippen LogP contribution in [0.3, 0.4) is 0 Å². The van der Waals surface area contributed by atoms with Gasteiger partial charge in [-0.1, -0.05) is 25.8 Å². The van der Waals surface area contributed by atoms with E-state index in [0.717, 1.165) is 10.9 Å². The first-order chi connectivity index (χ1) is 16.3. The number of likely N-dealkylation sites (tertiary alicyclic amines) is 1. The second kappa shape index (κ2) is 8.08. The number of methoxy groups -OCH3 is 1. The van der Waals surface area contributed by atoms with Crippen LogP contribution in [0.25, 0.3) is 10.9 Å². The van der Waals surface area contributed by atoms with Gasteiger partial charge in [0.1, 0.15) is 17.5 Å². The molecule has 5 atom stereocenters. The summed E-state index contributed by atoms with van der Waals surface area (Å²) in [5, 5.41) is 6.58. The zero-order valence-corrected chi connectivity index (χ0v) is 19.7. The van der Waals surface area contributed by atoms with Crippen molar-refractivity contribution in [2.24, 2.45) is 23.2 Å². The van der Waals surface area contributed by atoms with Gasteiger partial charge in [0.05, 0.1) is 13.2 Å². The minimum Gasteiger partial charge on any atom is -0.496 e. The summed E-state index contributed by atoms with van der Waals surface area (Å²) in [6.45, 7) is 5.43. The van der Waals surface area contributed by atoms with E-state index in [1.54, 1.807) is 18.1 Å². The number of nitrogens with one attached hydrogen (secondary N) is 3. The predicted molar refractivity (Wildman–Crippen MR) is 127 cm³/mol. The molecule has 0 bridgehead atoms. The van der Waals surface area contributed by atoms with Gasteiger partial charge < -0.3 is 25.3 Å². The maximum atomic E-state index is 13.6. The van der Waals surface area contributed by atoms with Gasteiger partial charge in [-0.3, -0.25) is 14.4 Å². The Morgan fingerprint density at radius 2 is 2.18 bits per heavy atom. The third-order valence-corrected chi connectivity index (χ3v) is 8.01. The van der Waals surface area contributed by atoms with E-state index in [1.807, 2.05) is 18.2 Å². The van der Waals surface area contributed by atoms with Crippen molar-refractivity contribution in [3.8, 4) is 18.1 Å². The summed E-state index contributed by atoms with van der Waals surface area (Å²) < 4.78 is 5.42. The Labute approximate surface area is 198 Å². The second-order valence-corrected chi connectivity index (χ2v) is 10.2. The Morgan fingerprint density at radius 1 is 1.38 bits per heavy atom. The van der Waals surface area contributed by atoms with Crippen LogP contribution in [0.2, 0.25) is 0 Å². The van der Waals surface area contributed by atoms with Crippen LogP contribution in [0.5, 0.6) is 5.75 Å². The van der Waals surface area contributed by atoms with Crippen molar-refractivity contribution in [1.29, 1.82) is 0 Å². The van der Waals surface area contributed by atoms with Crippen molar-refractivity contribution in [1.82, 2.24) is 20.5 Å². The Bertz CT molecular complexity index is 1210. The summed E-state index contributed by atoms with van der Waals surface area (Å²) in [5.41, 5.74) is 1.21. The summed E-state index contributed by atoms with van der Waals surface area (Å²) in [6.07, 6.45) is 6.81. The lowest BCUT2D eigenvalue weighted by Crippen LogP contribution is -2.52. The number of carbonyl (C=O) groups excluding carboxylic acids is 3. The standard InChI is InChI=1S/C26H30N4O4/c1-5-15(11-14-9-10-27-23(14)31)28-24(32)22-21-17(26(21,2)3)13-30(22)25(33)19-12-16-18(29-19)7-6-8-20(16)34-4/h1,6-8,12,14-15,17,21-22,29H,9-11,13H2,2-4H3,(H,27,31)(H,28,32)/t14-,15+,17-,21?,22-/m0/s1. The monoisotopic (exact) mass is 462 g/mol. The van der Waals surface area contributed by atoms with Crippen molar-refractivity contribution >= 4 is 28.6 Å². The van der Waals surface area contributed by atoms with Crippen LogP contribution in [0, 0.1) is 35.5 Å². The number of piperidine rings is 1. The zero-order chi connectivity index (χ0) is 24.2. The van der Waals surface area contributed by atoms with E-state index in [0.29, 0.717) is 37.4 Å². The van der Waals surface area contributed by atoms with E-state index in [2.05, 4.69) is 35.4 Å². The lowest BCUT2D eigenvalue weighted by atomic mass is 9.97. The van der Waals surface area contributed by atoms with Crippen LogP contribution in [0.15, 0.2) is 24.3 Å². The predicted octanol–water partition coefficient (Wildman–Crippen LogP) is 1.92. The van der Waals surface area contributed by atoms with Crippen molar-refractivity contribution in [3.63, 3.8) is 0 Å². The molecule has 1 aliphatic carbocycles. The molecule has 3 aliphatic rings. The van der Waals surface area contributed by atoms with E-state index in [-0.39, 0.29) is 40.9 Å². The fourth-order valence-electron chi connectivity index (χ4n) is 5.95. The quantitative estimate of drug-likeness (QED) is 0.571. The summed E-state index contributed by atoms with van der Waals surface area (Å²) in [5.74, 6) is 2.95. The number of nitrogens with zero attached hydrogens (tertiary/aromatic N) is 1. The van der Waals surface area contributed by atoms with Crippen molar-refractivity contribution < 1.29 is 19.1 Å². The number of hydrogen-bond donors (Lipinski definition) is 3. The first-order valence-corrected chi connectivity index (χ1v) is 11.8. The fraction of sp³-hybridized carbons (Fsp3) is 0.500. The summed E-state index contributed by atoms with van der Waals surface area (Å²) >= 11 is 0. The number of fused-ring (bicyclic) bond motifs is 2. The van der Waals surface area contributed by atoms with Crippen molar-refractivity contribution in [2.75, 3.05) is 20.2 Å². The first kappa shape index (κ1) is 22.3. The largest absolute Gasteiger partial charge is 0.496 e. The molecular weight excluding hydrogens is 432 g/mol. The van der Waals surface area contributed by atoms with E-state index in [9.17, 15) is 14.4 Å². The molecule has 3 heterocycles. The zero-order valence-electron chi connectivity index (χ0n) is 19.7. The number of hydrogen-bond acceptors (Lipinski definition) is 4. The minimum atomic E-state index is -0.603. The highest BCUT2D eigenvalue weighted by molar-refractivity contribution is 6.02. The molecule has 0 spiro atoms. The van der Waals surface area contributed by atoms with Gasteiger partial charge in [0, 0.05) is 29.9 Å². The molecule has 5 rings (SSSR count). The number of amides is 3. The Kier molecular flexibility index (Phi) is 5.31. The minimum absolute atomic E-state index is 0.0145. The smallest absolute Gasteiger partial charge is 0.271 e. The third kappa shape index (κ3) is 3.51. The van der Waals surface area contributed by atoms with E-state index in [4.69, 9.17) is 11.2 Å². The van der Waals surface area contributed by atoms with Crippen LogP contribution in [0.1, 0.15) is 37.2 Å². The number of terminal acetylenes is 1.